The van der Waals surface area contributed by atoms with Crippen molar-refractivity contribution in [3.63, 3.8) is 0 Å². The van der Waals surface area contributed by atoms with Gasteiger partial charge in [-0.3, -0.25) is 9.59 Å². The normalized spacial score (nSPS) is 9.00. The minimum atomic E-state index is -0.621. The summed E-state index contributed by atoms with van der Waals surface area (Å²) < 4.78 is 0. The van der Waals surface area contributed by atoms with E-state index in [0.717, 1.165) is 0 Å². The number of primary amides is 2. The van der Waals surface area contributed by atoms with E-state index in [0.29, 0.717) is 12.0 Å². The van der Waals surface area contributed by atoms with E-state index in [2.05, 4.69) is 13.2 Å². The van der Waals surface area contributed by atoms with E-state index in [1.165, 1.54) is 0 Å². The lowest BCUT2D eigenvalue weighted by Crippen LogP contribution is -2.16. The standard InChI is InChI=1S/C8H12N2O2/c1-5(3-4-7(9)11)6(2)8(10)12/h1-4H2,(H2,9,11)(H2,10,12). The molecule has 4 N–H and O–H groups in total. The van der Waals surface area contributed by atoms with Crippen LogP contribution in [0.1, 0.15) is 12.8 Å². The Morgan fingerprint density at radius 1 is 1.08 bits per heavy atom. The molecule has 0 fully saturated rings. The number of carbonyl (C=O) groups excluding carboxylic acids is 2. The molecular formula is C8H12N2O2. The Kier molecular flexibility index (Phi) is 3.76. The average Bonchev–Trinajstić information content (AvgIpc) is 1.98. The Hall–Kier alpha value is -1.58. The first kappa shape index (κ1) is 10.4. The van der Waals surface area contributed by atoms with Crippen molar-refractivity contribution in [2.45, 2.75) is 12.8 Å². The molecule has 66 valence electrons. The van der Waals surface area contributed by atoms with Crippen LogP contribution in [-0.4, -0.2) is 11.8 Å². The van der Waals surface area contributed by atoms with Gasteiger partial charge < -0.3 is 11.5 Å². The first-order chi connectivity index (χ1) is 5.45. The van der Waals surface area contributed by atoms with Gasteiger partial charge in [-0.05, 0) is 12.0 Å². The van der Waals surface area contributed by atoms with Gasteiger partial charge in [0.2, 0.25) is 11.8 Å². The molecule has 0 aromatic heterocycles. The highest BCUT2D eigenvalue weighted by Crippen LogP contribution is 2.10. The van der Waals surface area contributed by atoms with Crippen molar-refractivity contribution in [1.82, 2.24) is 0 Å². The SMILES string of the molecule is C=C(CCC(N)=O)C(=C)C(N)=O. The van der Waals surface area contributed by atoms with E-state index >= 15 is 0 Å². The molecule has 4 heteroatoms. The van der Waals surface area contributed by atoms with Crippen molar-refractivity contribution < 1.29 is 9.59 Å². The van der Waals surface area contributed by atoms with Gasteiger partial charge in [-0.2, -0.15) is 0 Å². The third kappa shape index (κ3) is 3.55. The fraction of sp³-hybridized carbons (Fsp3) is 0.250. The highest BCUT2D eigenvalue weighted by molar-refractivity contribution is 5.95. The summed E-state index contributed by atoms with van der Waals surface area (Å²) >= 11 is 0. The quantitative estimate of drug-likeness (QED) is 0.441. The second-order valence-electron chi connectivity index (χ2n) is 2.41. The lowest BCUT2D eigenvalue weighted by molar-refractivity contribution is -0.118. The molecule has 0 radical (unpaired) electrons. The summed E-state index contributed by atoms with van der Waals surface area (Å²) in [6, 6.07) is 0. The zero-order valence-electron chi connectivity index (χ0n) is 6.80. The van der Waals surface area contributed by atoms with E-state index in [9.17, 15) is 9.59 Å². The van der Waals surface area contributed by atoms with E-state index in [-0.39, 0.29) is 12.0 Å². The number of hydrogen-bond donors (Lipinski definition) is 2. The van der Waals surface area contributed by atoms with E-state index in [4.69, 9.17) is 11.5 Å². The number of rotatable bonds is 5. The molecule has 0 spiro atoms. The smallest absolute Gasteiger partial charge is 0.248 e. The minimum absolute atomic E-state index is 0.149. The second kappa shape index (κ2) is 4.33. The van der Waals surface area contributed by atoms with Gasteiger partial charge in [0.1, 0.15) is 0 Å². The molecule has 0 rings (SSSR count). The van der Waals surface area contributed by atoms with Gasteiger partial charge in [0.05, 0.1) is 0 Å². The predicted octanol–water partition coefficient (Wildman–Crippen LogP) is -0.150. The van der Waals surface area contributed by atoms with Crippen molar-refractivity contribution in [3.05, 3.63) is 24.3 Å². The van der Waals surface area contributed by atoms with Crippen molar-refractivity contribution in [2.75, 3.05) is 0 Å². The highest BCUT2D eigenvalue weighted by atomic mass is 16.1. The van der Waals surface area contributed by atoms with Gasteiger partial charge >= 0.3 is 0 Å². The zero-order valence-corrected chi connectivity index (χ0v) is 6.80. The number of amides is 2. The predicted molar refractivity (Wildman–Crippen MR) is 45.9 cm³/mol. The molecule has 0 aliphatic carbocycles. The van der Waals surface area contributed by atoms with Gasteiger partial charge in [0.15, 0.2) is 0 Å². The lowest BCUT2D eigenvalue weighted by atomic mass is 10.0. The van der Waals surface area contributed by atoms with Crippen molar-refractivity contribution in [3.8, 4) is 0 Å². The fourth-order valence-corrected chi connectivity index (χ4v) is 0.599. The second-order valence-corrected chi connectivity index (χ2v) is 2.41. The van der Waals surface area contributed by atoms with Crippen LogP contribution in [0.25, 0.3) is 0 Å². The van der Waals surface area contributed by atoms with Crippen LogP contribution in [0.5, 0.6) is 0 Å². The molecule has 2 amide bonds. The summed E-state index contributed by atoms with van der Waals surface area (Å²) in [7, 11) is 0. The van der Waals surface area contributed by atoms with Crippen LogP contribution in [0.4, 0.5) is 0 Å². The maximum Gasteiger partial charge on any atom is 0.248 e. The summed E-state index contributed by atoms with van der Waals surface area (Å²) in [6.07, 6.45) is 0.488. The van der Waals surface area contributed by atoms with Crippen LogP contribution in [0.3, 0.4) is 0 Å². The van der Waals surface area contributed by atoms with Crippen LogP contribution < -0.4 is 11.5 Å². The molecule has 0 aromatic rings. The molecule has 0 heterocycles. The Bertz CT molecular complexity index is 243. The van der Waals surface area contributed by atoms with Gasteiger partial charge in [-0.25, -0.2) is 0 Å². The van der Waals surface area contributed by atoms with Crippen LogP contribution in [0.2, 0.25) is 0 Å². The van der Waals surface area contributed by atoms with Crippen LogP contribution in [-0.2, 0) is 9.59 Å². The molecule has 0 saturated heterocycles. The Morgan fingerprint density at radius 2 is 1.58 bits per heavy atom. The lowest BCUT2D eigenvalue weighted by Gasteiger charge is -2.03. The van der Waals surface area contributed by atoms with Crippen LogP contribution in [0.15, 0.2) is 24.3 Å². The third-order valence-corrected chi connectivity index (χ3v) is 1.40. The van der Waals surface area contributed by atoms with E-state index in [1.807, 2.05) is 0 Å². The van der Waals surface area contributed by atoms with Crippen molar-refractivity contribution in [1.29, 1.82) is 0 Å². The van der Waals surface area contributed by atoms with Gasteiger partial charge in [-0.15, -0.1) is 0 Å². The van der Waals surface area contributed by atoms with E-state index < -0.39 is 11.8 Å². The minimum Gasteiger partial charge on any atom is -0.370 e. The monoisotopic (exact) mass is 168 g/mol. The average molecular weight is 168 g/mol. The maximum atomic E-state index is 10.5. The van der Waals surface area contributed by atoms with Crippen LogP contribution >= 0.6 is 0 Å². The Morgan fingerprint density at radius 3 is 1.92 bits per heavy atom. The molecule has 0 aromatic carbocycles. The molecule has 0 aliphatic rings. The Labute approximate surface area is 70.9 Å². The zero-order chi connectivity index (χ0) is 9.72. The topological polar surface area (TPSA) is 86.2 Å². The number of carbonyl (C=O) groups is 2. The summed E-state index contributed by atoms with van der Waals surface area (Å²) in [5.74, 6) is -1.06. The molecule has 0 atom stereocenters. The molecule has 4 nitrogen and oxygen atoms in total. The summed E-state index contributed by atoms with van der Waals surface area (Å²) in [5.41, 5.74) is 10.4. The summed E-state index contributed by atoms with van der Waals surface area (Å²) in [5, 5.41) is 0. The Balaban J connectivity index is 3.97. The van der Waals surface area contributed by atoms with Crippen LogP contribution in [0, 0.1) is 0 Å². The first-order valence-electron chi connectivity index (χ1n) is 3.40. The first-order valence-corrected chi connectivity index (χ1v) is 3.40. The summed E-state index contributed by atoms with van der Waals surface area (Å²) in [6.45, 7) is 6.95. The molecule has 0 bridgehead atoms. The van der Waals surface area contributed by atoms with Crippen molar-refractivity contribution >= 4 is 11.8 Å². The maximum absolute atomic E-state index is 10.5. The largest absolute Gasteiger partial charge is 0.370 e. The summed E-state index contributed by atoms with van der Waals surface area (Å²) in [4.78, 5) is 20.9. The highest BCUT2D eigenvalue weighted by Gasteiger charge is 2.06. The molecule has 0 aliphatic heterocycles. The van der Waals surface area contributed by atoms with Gasteiger partial charge in [0, 0.05) is 12.0 Å². The van der Waals surface area contributed by atoms with Gasteiger partial charge in [0.25, 0.3) is 0 Å². The molecule has 0 unspecified atom stereocenters. The number of nitrogens with two attached hydrogens (primary N) is 2. The van der Waals surface area contributed by atoms with Gasteiger partial charge in [-0.1, -0.05) is 13.2 Å². The van der Waals surface area contributed by atoms with Crippen molar-refractivity contribution in [2.24, 2.45) is 11.5 Å². The molecule has 0 saturated carbocycles. The molecular weight excluding hydrogens is 156 g/mol. The molecule has 12 heavy (non-hydrogen) atoms. The van der Waals surface area contributed by atoms with E-state index in [1.54, 1.807) is 0 Å². The third-order valence-electron chi connectivity index (χ3n) is 1.40. The number of hydrogen-bond acceptors (Lipinski definition) is 2. The fourth-order valence-electron chi connectivity index (χ4n) is 0.599.